The molecule has 1 nitrogen and oxygen atoms in total. The molecule has 1 heteroatoms. The van der Waals surface area contributed by atoms with Crippen molar-refractivity contribution in [2.24, 2.45) is 5.73 Å². The average molecular weight is 205 g/mol. The van der Waals surface area contributed by atoms with Crippen LogP contribution >= 0.6 is 0 Å². The minimum absolute atomic E-state index is 0.184. The zero-order valence-electron chi connectivity index (χ0n) is 10.4. The Bertz CT molecular complexity index is 298. The number of benzene rings is 1. The molecule has 15 heavy (non-hydrogen) atoms. The lowest BCUT2D eigenvalue weighted by atomic mass is 9.82. The Morgan fingerprint density at radius 3 is 2.07 bits per heavy atom. The summed E-state index contributed by atoms with van der Waals surface area (Å²) >= 11 is 0. The van der Waals surface area contributed by atoms with Gasteiger partial charge >= 0.3 is 0 Å². The van der Waals surface area contributed by atoms with Crippen LogP contribution in [0.1, 0.15) is 57.7 Å². The van der Waals surface area contributed by atoms with Gasteiger partial charge in [-0.1, -0.05) is 52.0 Å². The predicted octanol–water partition coefficient (Wildman–Crippen LogP) is 3.78. The Labute approximate surface area is 93.7 Å². The standard InChI is InChI=1S/C14H23N/c1-5-13(15)11-7-9-12(10-8-11)14(3,4)6-2/h7-10,13H,5-6,15H2,1-4H3. The minimum Gasteiger partial charge on any atom is -0.324 e. The van der Waals surface area contributed by atoms with E-state index in [2.05, 4.69) is 52.0 Å². The van der Waals surface area contributed by atoms with E-state index in [1.807, 2.05) is 0 Å². The van der Waals surface area contributed by atoms with Crippen LogP contribution < -0.4 is 5.73 Å². The molecule has 1 unspecified atom stereocenters. The van der Waals surface area contributed by atoms with Crippen molar-refractivity contribution >= 4 is 0 Å². The Hall–Kier alpha value is -0.820. The van der Waals surface area contributed by atoms with Gasteiger partial charge in [0, 0.05) is 6.04 Å². The van der Waals surface area contributed by atoms with Gasteiger partial charge in [0.15, 0.2) is 0 Å². The van der Waals surface area contributed by atoms with Gasteiger partial charge in [0.05, 0.1) is 0 Å². The fourth-order valence-electron chi connectivity index (χ4n) is 1.62. The van der Waals surface area contributed by atoms with Gasteiger partial charge in [-0.05, 0) is 29.4 Å². The van der Waals surface area contributed by atoms with Crippen molar-refractivity contribution in [2.45, 2.75) is 52.0 Å². The van der Waals surface area contributed by atoms with Gasteiger partial charge < -0.3 is 5.73 Å². The topological polar surface area (TPSA) is 26.0 Å². The second kappa shape index (κ2) is 4.80. The lowest BCUT2D eigenvalue weighted by Gasteiger charge is -2.23. The van der Waals surface area contributed by atoms with Gasteiger partial charge in [0.2, 0.25) is 0 Å². The summed E-state index contributed by atoms with van der Waals surface area (Å²) in [5.41, 5.74) is 8.90. The van der Waals surface area contributed by atoms with Crippen LogP contribution in [0.4, 0.5) is 0 Å². The van der Waals surface area contributed by atoms with Crippen LogP contribution in [0.25, 0.3) is 0 Å². The maximum Gasteiger partial charge on any atom is 0.0292 e. The van der Waals surface area contributed by atoms with Crippen LogP contribution in [0, 0.1) is 0 Å². The molecule has 1 aromatic rings. The van der Waals surface area contributed by atoms with Crippen molar-refractivity contribution in [1.82, 2.24) is 0 Å². The summed E-state index contributed by atoms with van der Waals surface area (Å²) in [5, 5.41) is 0. The van der Waals surface area contributed by atoms with Gasteiger partial charge in [-0.3, -0.25) is 0 Å². The van der Waals surface area contributed by atoms with Crippen LogP contribution in [0.15, 0.2) is 24.3 Å². The highest BCUT2D eigenvalue weighted by Gasteiger charge is 2.17. The lowest BCUT2D eigenvalue weighted by Crippen LogP contribution is -2.16. The Morgan fingerprint density at radius 2 is 1.67 bits per heavy atom. The molecule has 0 aromatic heterocycles. The van der Waals surface area contributed by atoms with Crippen molar-refractivity contribution in [1.29, 1.82) is 0 Å². The molecule has 0 saturated carbocycles. The van der Waals surface area contributed by atoms with Crippen LogP contribution in [-0.4, -0.2) is 0 Å². The molecule has 1 aromatic carbocycles. The molecule has 0 aliphatic rings. The molecule has 84 valence electrons. The number of hydrogen-bond acceptors (Lipinski definition) is 1. The van der Waals surface area contributed by atoms with E-state index in [4.69, 9.17) is 5.73 Å². The third kappa shape index (κ3) is 2.82. The molecule has 0 saturated heterocycles. The maximum absolute atomic E-state index is 5.99. The maximum atomic E-state index is 5.99. The van der Waals surface area contributed by atoms with Gasteiger partial charge in [0.25, 0.3) is 0 Å². The minimum atomic E-state index is 0.184. The summed E-state index contributed by atoms with van der Waals surface area (Å²) in [6, 6.07) is 8.95. The van der Waals surface area contributed by atoms with E-state index in [0.29, 0.717) is 0 Å². The molecule has 0 aliphatic heterocycles. The first-order chi connectivity index (χ1) is 7.01. The number of nitrogens with two attached hydrogens (primary N) is 1. The first-order valence-electron chi connectivity index (χ1n) is 5.87. The van der Waals surface area contributed by atoms with E-state index < -0.39 is 0 Å². The third-order valence-corrected chi connectivity index (χ3v) is 3.44. The van der Waals surface area contributed by atoms with Crippen molar-refractivity contribution in [3.8, 4) is 0 Å². The van der Waals surface area contributed by atoms with Crippen molar-refractivity contribution in [3.05, 3.63) is 35.4 Å². The van der Waals surface area contributed by atoms with Gasteiger partial charge in [0.1, 0.15) is 0 Å². The fraction of sp³-hybridized carbons (Fsp3) is 0.571. The highest BCUT2D eigenvalue weighted by molar-refractivity contribution is 5.29. The zero-order valence-corrected chi connectivity index (χ0v) is 10.4. The molecule has 2 N–H and O–H groups in total. The second-order valence-corrected chi connectivity index (χ2v) is 4.87. The van der Waals surface area contributed by atoms with Crippen molar-refractivity contribution in [2.75, 3.05) is 0 Å². The second-order valence-electron chi connectivity index (χ2n) is 4.87. The molecule has 0 aliphatic carbocycles. The van der Waals surface area contributed by atoms with Crippen LogP contribution in [0.2, 0.25) is 0 Å². The summed E-state index contributed by atoms with van der Waals surface area (Å²) in [6.07, 6.45) is 2.16. The Balaban J connectivity index is 2.90. The molecule has 0 bridgehead atoms. The highest BCUT2D eigenvalue weighted by atomic mass is 14.6. The largest absolute Gasteiger partial charge is 0.324 e. The smallest absolute Gasteiger partial charge is 0.0292 e. The predicted molar refractivity (Wildman–Crippen MR) is 67.0 cm³/mol. The summed E-state index contributed by atoms with van der Waals surface area (Å²) < 4.78 is 0. The summed E-state index contributed by atoms with van der Waals surface area (Å²) in [4.78, 5) is 0. The van der Waals surface area contributed by atoms with Gasteiger partial charge in [-0.2, -0.15) is 0 Å². The Kier molecular flexibility index (Phi) is 3.92. The SMILES string of the molecule is CCC(N)c1ccc(C(C)(C)CC)cc1. The molecular formula is C14H23N. The third-order valence-electron chi connectivity index (χ3n) is 3.44. The Morgan fingerprint density at radius 1 is 1.13 bits per heavy atom. The lowest BCUT2D eigenvalue weighted by molar-refractivity contribution is 0.506. The number of rotatable bonds is 4. The molecule has 0 radical (unpaired) electrons. The quantitative estimate of drug-likeness (QED) is 0.795. The zero-order chi connectivity index (χ0) is 11.5. The van der Waals surface area contributed by atoms with Gasteiger partial charge in [-0.15, -0.1) is 0 Å². The van der Waals surface area contributed by atoms with Crippen LogP contribution in [0.3, 0.4) is 0 Å². The van der Waals surface area contributed by atoms with E-state index >= 15 is 0 Å². The molecule has 0 fully saturated rings. The molecule has 0 heterocycles. The monoisotopic (exact) mass is 205 g/mol. The average Bonchev–Trinajstić information content (AvgIpc) is 2.28. The molecule has 1 rings (SSSR count). The van der Waals surface area contributed by atoms with E-state index in [1.165, 1.54) is 11.1 Å². The molecule has 0 amide bonds. The summed E-state index contributed by atoms with van der Waals surface area (Å²) in [5.74, 6) is 0. The normalized spacial score (nSPS) is 13.9. The van der Waals surface area contributed by atoms with Gasteiger partial charge in [-0.25, -0.2) is 0 Å². The summed E-state index contributed by atoms with van der Waals surface area (Å²) in [6.45, 7) is 8.91. The first kappa shape index (κ1) is 12.3. The van der Waals surface area contributed by atoms with Crippen molar-refractivity contribution < 1.29 is 0 Å². The molecule has 0 spiro atoms. The van der Waals surface area contributed by atoms with E-state index in [1.54, 1.807) is 0 Å². The number of hydrogen-bond donors (Lipinski definition) is 1. The summed E-state index contributed by atoms with van der Waals surface area (Å²) in [7, 11) is 0. The van der Waals surface area contributed by atoms with Crippen LogP contribution in [0.5, 0.6) is 0 Å². The molecular weight excluding hydrogens is 182 g/mol. The van der Waals surface area contributed by atoms with E-state index in [-0.39, 0.29) is 11.5 Å². The van der Waals surface area contributed by atoms with Crippen molar-refractivity contribution in [3.63, 3.8) is 0 Å². The highest BCUT2D eigenvalue weighted by Crippen LogP contribution is 2.27. The first-order valence-corrected chi connectivity index (χ1v) is 5.87. The van der Waals surface area contributed by atoms with Crippen LogP contribution in [-0.2, 0) is 5.41 Å². The fourth-order valence-corrected chi connectivity index (χ4v) is 1.62. The van der Waals surface area contributed by atoms with E-state index in [9.17, 15) is 0 Å². The van der Waals surface area contributed by atoms with E-state index in [0.717, 1.165) is 12.8 Å². The molecule has 1 atom stereocenters.